The van der Waals surface area contributed by atoms with Crippen molar-refractivity contribution in [3.63, 3.8) is 0 Å². The molecule has 2 heterocycles. The van der Waals surface area contributed by atoms with Gasteiger partial charge in [-0.2, -0.15) is 4.98 Å². The topological polar surface area (TPSA) is 83.1 Å². The number of rotatable bonds is 4. The second-order valence-electron chi connectivity index (χ2n) is 7.78. The van der Waals surface area contributed by atoms with E-state index in [1.807, 2.05) is 30.3 Å². The lowest BCUT2D eigenvalue weighted by Crippen LogP contribution is -2.36. The number of hydrogen-bond acceptors (Lipinski definition) is 5. The molecule has 1 aliphatic carbocycles. The molecule has 1 fully saturated rings. The molecular formula is C23H25N5O2. The molecule has 3 aromatic rings. The van der Waals surface area contributed by atoms with Crippen LogP contribution < -0.4 is 10.2 Å². The standard InChI is InChI=1S/C23H25N5O2/c29-22(24-20-10-4-6-16-5-1-2-9-19(16)20)18-8-3-7-17(15-18)21-25-23(27-26-21)28-11-13-30-14-12-28/h1-3,5,7-9,15,20H,4,6,10-14H2,(H,24,29)(H,25,26,27). The van der Waals surface area contributed by atoms with Gasteiger partial charge in [-0.05, 0) is 42.5 Å². The molecule has 1 aromatic heterocycles. The van der Waals surface area contributed by atoms with Crippen molar-refractivity contribution in [2.75, 3.05) is 31.2 Å². The lowest BCUT2D eigenvalue weighted by Gasteiger charge is -2.26. The zero-order valence-corrected chi connectivity index (χ0v) is 16.8. The van der Waals surface area contributed by atoms with E-state index in [0.29, 0.717) is 30.5 Å². The second-order valence-corrected chi connectivity index (χ2v) is 7.78. The Kier molecular flexibility index (Phi) is 5.19. The first-order chi connectivity index (χ1) is 14.8. The van der Waals surface area contributed by atoms with Gasteiger partial charge in [0.05, 0.1) is 19.3 Å². The van der Waals surface area contributed by atoms with E-state index in [1.165, 1.54) is 11.1 Å². The Bertz CT molecular complexity index is 1040. The number of H-pyrrole nitrogens is 1. The lowest BCUT2D eigenvalue weighted by molar-refractivity contribution is 0.0933. The fourth-order valence-corrected chi connectivity index (χ4v) is 4.24. The molecule has 154 valence electrons. The van der Waals surface area contributed by atoms with E-state index in [0.717, 1.165) is 37.9 Å². The third-order valence-corrected chi connectivity index (χ3v) is 5.84. The highest BCUT2D eigenvalue weighted by Crippen LogP contribution is 2.30. The molecule has 2 aliphatic rings. The third kappa shape index (κ3) is 3.80. The van der Waals surface area contributed by atoms with Crippen LogP contribution in [0.25, 0.3) is 11.4 Å². The van der Waals surface area contributed by atoms with Crippen LogP contribution >= 0.6 is 0 Å². The monoisotopic (exact) mass is 403 g/mol. The minimum Gasteiger partial charge on any atom is -0.378 e. The zero-order valence-electron chi connectivity index (χ0n) is 16.8. The molecule has 2 aromatic carbocycles. The second kappa shape index (κ2) is 8.28. The Hall–Kier alpha value is -3.19. The molecule has 7 heteroatoms. The molecule has 7 nitrogen and oxygen atoms in total. The molecule has 0 bridgehead atoms. The number of aryl methyl sites for hydroxylation is 1. The Morgan fingerprint density at radius 1 is 1.13 bits per heavy atom. The Balaban J connectivity index is 1.33. The Labute approximate surface area is 175 Å². The van der Waals surface area contributed by atoms with Crippen molar-refractivity contribution in [1.29, 1.82) is 0 Å². The Morgan fingerprint density at radius 2 is 2.00 bits per heavy atom. The number of carbonyl (C=O) groups is 1. The zero-order chi connectivity index (χ0) is 20.3. The number of hydrogen-bond donors (Lipinski definition) is 2. The molecule has 30 heavy (non-hydrogen) atoms. The smallest absolute Gasteiger partial charge is 0.251 e. The van der Waals surface area contributed by atoms with Crippen molar-refractivity contribution in [3.05, 3.63) is 65.2 Å². The van der Waals surface area contributed by atoms with Gasteiger partial charge in [-0.1, -0.05) is 36.4 Å². The molecule has 1 atom stereocenters. The summed E-state index contributed by atoms with van der Waals surface area (Å²) in [5, 5.41) is 10.6. The first kappa shape index (κ1) is 18.8. The number of fused-ring (bicyclic) bond motifs is 1. The summed E-state index contributed by atoms with van der Waals surface area (Å²) in [6.07, 6.45) is 3.13. The normalized spacial score (nSPS) is 18.7. The molecule has 5 rings (SSSR count). The van der Waals surface area contributed by atoms with Gasteiger partial charge in [0.15, 0.2) is 5.82 Å². The minimum atomic E-state index is -0.0635. The van der Waals surface area contributed by atoms with Crippen molar-refractivity contribution in [3.8, 4) is 11.4 Å². The van der Waals surface area contributed by atoms with Gasteiger partial charge in [0.25, 0.3) is 5.91 Å². The summed E-state index contributed by atoms with van der Waals surface area (Å²) < 4.78 is 5.39. The number of nitrogens with zero attached hydrogens (tertiary/aromatic N) is 3. The molecule has 1 saturated heterocycles. The van der Waals surface area contributed by atoms with Gasteiger partial charge in [-0.25, -0.2) is 0 Å². The maximum Gasteiger partial charge on any atom is 0.251 e. The average molecular weight is 403 g/mol. The number of aromatic nitrogens is 3. The first-order valence-electron chi connectivity index (χ1n) is 10.5. The fourth-order valence-electron chi connectivity index (χ4n) is 4.24. The largest absolute Gasteiger partial charge is 0.378 e. The molecule has 1 unspecified atom stereocenters. The van der Waals surface area contributed by atoms with Crippen LogP contribution in [0.4, 0.5) is 5.95 Å². The van der Waals surface area contributed by atoms with Crippen LogP contribution in [0.15, 0.2) is 48.5 Å². The van der Waals surface area contributed by atoms with Gasteiger partial charge in [0.2, 0.25) is 5.95 Å². The van der Waals surface area contributed by atoms with E-state index in [-0.39, 0.29) is 11.9 Å². The van der Waals surface area contributed by atoms with E-state index < -0.39 is 0 Å². The van der Waals surface area contributed by atoms with Gasteiger partial charge in [0, 0.05) is 24.2 Å². The number of nitrogens with one attached hydrogen (secondary N) is 2. The Morgan fingerprint density at radius 3 is 2.90 bits per heavy atom. The molecule has 1 amide bonds. The van der Waals surface area contributed by atoms with Gasteiger partial charge < -0.3 is 15.0 Å². The SMILES string of the molecule is O=C(NC1CCCc2ccccc21)c1cccc(-c2nc(N3CCOCC3)n[nH]2)c1. The molecule has 0 spiro atoms. The van der Waals surface area contributed by atoms with E-state index in [1.54, 1.807) is 0 Å². The summed E-state index contributed by atoms with van der Waals surface area (Å²) in [5.41, 5.74) is 4.04. The summed E-state index contributed by atoms with van der Waals surface area (Å²) in [5.74, 6) is 1.27. The highest BCUT2D eigenvalue weighted by Gasteiger charge is 2.22. The van der Waals surface area contributed by atoms with Crippen LogP contribution in [0.2, 0.25) is 0 Å². The predicted molar refractivity (Wildman–Crippen MR) is 114 cm³/mol. The maximum absolute atomic E-state index is 13.0. The van der Waals surface area contributed by atoms with E-state index in [2.05, 4.69) is 43.6 Å². The number of amides is 1. The highest BCUT2D eigenvalue weighted by molar-refractivity contribution is 5.95. The van der Waals surface area contributed by atoms with E-state index >= 15 is 0 Å². The van der Waals surface area contributed by atoms with Crippen LogP contribution in [0, 0.1) is 0 Å². The number of carbonyl (C=O) groups excluding carboxylic acids is 1. The van der Waals surface area contributed by atoms with Crippen LogP contribution in [0.5, 0.6) is 0 Å². The van der Waals surface area contributed by atoms with Crippen molar-refractivity contribution in [2.45, 2.75) is 25.3 Å². The number of anilines is 1. The molecule has 2 N–H and O–H groups in total. The summed E-state index contributed by atoms with van der Waals surface area (Å²) in [7, 11) is 0. The third-order valence-electron chi connectivity index (χ3n) is 5.84. The predicted octanol–water partition coefficient (Wildman–Crippen LogP) is 3.12. The van der Waals surface area contributed by atoms with E-state index in [4.69, 9.17) is 4.74 Å². The fraction of sp³-hybridized carbons (Fsp3) is 0.348. The van der Waals surface area contributed by atoms with Crippen LogP contribution in [0.1, 0.15) is 40.4 Å². The van der Waals surface area contributed by atoms with Crippen molar-refractivity contribution < 1.29 is 9.53 Å². The molecular weight excluding hydrogens is 378 g/mol. The van der Waals surface area contributed by atoms with Crippen molar-refractivity contribution in [2.24, 2.45) is 0 Å². The first-order valence-corrected chi connectivity index (χ1v) is 10.5. The van der Waals surface area contributed by atoms with Gasteiger partial charge >= 0.3 is 0 Å². The van der Waals surface area contributed by atoms with Crippen molar-refractivity contribution in [1.82, 2.24) is 20.5 Å². The summed E-state index contributed by atoms with van der Waals surface area (Å²) >= 11 is 0. The van der Waals surface area contributed by atoms with Crippen LogP contribution in [-0.4, -0.2) is 47.4 Å². The maximum atomic E-state index is 13.0. The number of ether oxygens (including phenoxy) is 1. The summed E-state index contributed by atoms with van der Waals surface area (Å²) in [6, 6.07) is 16.0. The number of morpholine rings is 1. The van der Waals surface area contributed by atoms with Gasteiger partial charge in [-0.15, -0.1) is 5.10 Å². The van der Waals surface area contributed by atoms with Crippen molar-refractivity contribution >= 4 is 11.9 Å². The summed E-state index contributed by atoms with van der Waals surface area (Å²) in [4.78, 5) is 19.7. The number of benzene rings is 2. The highest BCUT2D eigenvalue weighted by atomic mass is 16.5. The molecule has 1 aliphatic heterocycles. The van der Waals surface area contributed by atoms with Crippen LogP contribution in [0.3, 0.4) is 0 Å². The van der Waals surface area contributed by atoms with Gasteiger partial charge in [-0.3, -0.25) is 9.89 Å². The van der Waals surface area contributed by atoms with Crippen LogP contribution in [-0.2, 0) is 11.2 Å². The quantitative estimate of drug-likeness (QED) is 0.699. The average Bonchev–Trinajstić information content (AvgIpc) is 3.30. The minimum absolute atomic E-state index is 0.0595. The summed E-state index contributed by atoms with van der Waals surface area (Å²) in [6.45, 7) is 2.93. The molecule has 0 radical (unpaired) electrons. The van der Waals surface area contributed by atoms with Gasteiger partial charge in [0.1, 0.15) is 0 Å². The van der Waals surface area contributed by atoms with E-state index in [9.17, 15) is 4.79 Å². The number of aromatic amines is 1. The lowest BCUT2D eigenvalue weighted by atomic mass is 9.87. The molecule has 0 saturated carbocycles.